The summed E-state index contributed by atoms with van der Waals surface area (Å²) in [5, 5.41) is 4.49. The fraction of sp³-hybridized carbons (Fsp3) is 0.562. The zero-order valence-corrected chi connectivity index (χ0v) is 13.8. The number of primary amides is 1. The molecule has 0 aromatic heterocycles. The van der Waals surface area contributed by atoms with Crippen LogP contribution in [0.1, 0.15) is 51.0 Å². The molecule has 0 aliphatic heterocycles. The molecule has 116 valence electrons. The van der Waals surface area contributed by atoms with Crippen LogP contribution in [0.4, 0.5) is 0 Å². The fourth-order valence-electron chi connectivity index (χ4n) is 2.99. The average molecular weight is 329 g/mol. The van der Waals surface area contributed by atoms with E-state index in [9.17, 15) is 4.79 Å². The van der Waals surface area contributed by atoms with Crippen LogP contribution in [0.3, 0.4) is 0 Å². The van der Waals surface area contributed by atoms with Crippen molar-refractivity contribution in [2.45, 2.75) is 57.0 Å². The molecule has 1 aliphatic rings. The van der Waals surface area contributed by atoms with Crippen LogP contribution in [0.15, 0.2) is 18.2 Å². The Labute approximate surface area is 136 Å². The van der Waals surface area contributed by atoms with E-state index >= 15 is 0 Å². The summed E-state index contributed by atoms with van der Waals surface area (Å²) in [7, 11) is 0. The highest BCUT2D eigenvalue weighted by atomic mass is 35.5. The number of amides is 1. The molecular weight excluding hydrogens is 307 g/mol. The van der Waals surface area contributed by atoms with Crippen LogP contribution in [-0.4, -0.2) is 11.9 Å². The van der Waals surface area contributed by atoms with Crippen LogP contribution in [0.5, 0.6) is 0 Å². The first-order valence-electron chi connectivity index (χ1n) is 7.46. The maximum atomic E-state index is 12.1. The van der Waals surface area contributed by atoms with Crippen LogP contribution in [-0.2, 0) is 10.3 Å². The highest BCUT2D eigenvalue weighted by molar-refractivity contribution is 6.34. The Bertz CT molecular complexity index is 513. The smallest absolute Gasteiger partial charge is 0.242 e. The molecule has 1 aromatic carbocycles. The second-order valence-electron chi connectivity index (χ2n) is 5.95. The molecule has 0 saturated heterocycles. The first kappa shape index (κ1) is 16.6. The molecule has 3 nitrogen and oxygen atoms in total. The zero-order valence-electron chi connectivity index (χ0n) is 12.3. The van der Waals surface area contributed by atoms with Gasteiger partial charge in [-0.2, -0.15) is 0 Å². The zero-order chi connectivity index (χ0) is 15.5. The van der Waals surface area contributed by atoms with Gasteiger partial charge < -0.3 is 5.73 Å². The topological polar surface area (TPSA) is 55.1 Å². The van der Waals surface area contributed by atoms with Crippen LogP contribution in [0.25, 0.3) is 0 Å². The molecule has 0 radical (unpaired) electrons. The quantitative estimate of drug-likeness (QED) is 0.820. The van der Waals surface area contributed by atoms with Crippen molar-refractivity contribution in [2.75, 3.05) is 0 Å². The van der Waals surface area contributed by atoms with E-state index < -0.39 is 11.4 Å². The molecule has 1 fully saturated rings. The highest BCUT2D eigenvalue weighted by Crippen LogP contribution is 2.32. The van der Waals surface area contributed by atoms with Gasteiger partial charge in [0.25, 0.3) is 0 Å². The van der Waals surface area contributed by atoms with E-state index in [1.54, 1.807) is 25.1 Å². The molecular formula is C16H22Cl2N2O. The summed E-state index contributed by atoms with van der Waals surface area (Å²) in [5.41, 5.74) is 5.32. The van der Waals surface area contributed by atoms with E-state index in [2.05, 4.69) is 5.32 Å². The third-order valence-corrected chi connectivity index (χ3v) is 4.87. The van der Waals surface area contributed by atoms with Crippen molar-refractivity contribution >= 4 is 29.1 Å². The predicted molar refractivity (Wildman–Crippen MR) is 87.6 cm³/mol. The summed E-state index contributed by atoms with van der Waals surface area (Å²) < 4.78 is 0. The molecule has 1 unspecified atom stereocenters. The summed E-state index contributed by atoms with van der Waals surface area (Å²) >= 11 is 12.3. The highest BCUT2D eigenvalue weighted by Gasteiger charge is 2.37. The summed E-state index contributed by atoms with van der Waals surface area (Å²) in [6, 6.07) is 5.41. The fourth-order valence-corrected chi connectivity index (χ4v) is 3.47. The number of hydrogen-bond acceptors (Lipinski definition) is 2. The lowest BCUT2D eigenvalue weighted by atomic mass is 9.89. The van der Waals surface area contributed by atoms with Gasteiger partial charge in [-0.15, -0.1) is 0 Å². The van der Waals surface area contributed by atoms with Gasteiger partial charge in [-0.25, -0.2) is 0 Å². The number of carbonyl (C=O) groups excluding carboxylic acids is 1. The van der Waals surface area contributed by atoms with Crippen molar-refractivity contribution in [3.05, 3.63) is 33.8 Å². The Morgan fingerprint density at radius 2 is 1.86 bits per heavy atom. The largest absolute Gasteiger partial charge is 0.368 e. The van der Waals surface area contributed by atoms with E-state index in [-0.39, 0.29) is 6.04 Å². The molecule has 2 rings (SSSR count). The lowest BCUT2D eigenvalue weighted by Gasteiger charge is -2.33. The molecule has 0 spiro atoms. The number of hydrogen-bond donors (Lipinski definition) is 2. The van der Waals surface area contributed by atoms with Gasteiger partial charge in [-0.3, -0.25) is 10.1 Å². The number of nitrogens with one attached hydrogen (secondary N) is 1. The van der Waals surface area contributed by atoms with E-state index in [0.29, 0.717) is 15.6 Å². The Morgan fingerprint density at radius 3 is 2.43 bits per heavy atom. The first-order chi connectivity index (χ1) is 9.93. The summed E-state index contributed by atoms with van der Waals surface area (Å²) in [6.45, 7) is 1.79. The van der Waals surface area contributed by atoms with Gasteiger partial charge in [0.2, 0.25) is 5.91 Å². The van der Waals surface area contributed by atoms with E-state index in [4.69, 9.17) is 28.9 Å². The molecule has 1 atom stereocenters. The molecule has 21 heavy (non-hydrogen) atoms. The minimum absolute atomic E-state index is 0.278. The van der Waals surface area contributed by atoms with Crippen molar-refractivity contribution < 1.29 is 4.79 Å². The average Bonchev–Trinajstić information content (AvgIpc) is 2.69. The molecule has 1 aromatic rings. The van der Waals surface area contributed by atoms with Crippen molar-refractivity contribution in [3.63, 3.8) is 0 Å². The Morgan fingerprint density at radius 1 is 1.24 bits per heavy atom. The Balaban J connectivity index is 2.31. The molecule has 1 amide bonds. The Kier molecular flexibility index (Phi) is 5.53. The van der Waals surface area contributed by atoms with Crippen LogP contribution in [0, 0.1) is 0 Å². The van der Waals surface area contributed by atoms with Gasteiger partial charge >= 0.3 is 0 Å². The van der Waals surface area contributed by atoms with Gasteiger partial charge in [-0.05, 0) is 38.0 Å². The van der Waals surface area contributed by atoms with Gasteiger partial charge in [0, 0.05) is 21.7 Å². The summed E-state index contributed by atoms with van der Waals surface area (Å²) in [6.07, 6.45) is 6.97. The molecule has 5 heteroatoms. The second kappa shape index (κ2) is 6.99. The van der Waals surface area contributed by atoms with E-state index in [1.165, 1.54) is 25.7 Å². The van der Waals surface area contributed by atoms with Crippen molar-refractivity contribution in [1.29, 1.82) is 0 Å². The third-order valence-electron chi connectivity index (χ3n) is 4.31. The van der Waals surface area contributed by atoms with E-state index in [0.717, 1.165) is 12.8 Å². The molecule has 0 bridgehead atoms. The number of halogens is 2. The number of rotatable bonds is 4. The number of benzene rings is 1. The number of carbonyl (C=O) groups is 1. The third kappa shape index (κ3) is 3.91. The SMILES string of the molecule is CC(NC1CCCCCC1)(C(N)=O)c1cc(Cl)ccc1Cl. The monoisotopic (exact) mass is 328 g/mol. The minimum atomic E-state index is -1.00. The molecule has 1 saturated carbocycles. The van der Waals surface area contributed by atoms with Crippen molar-refractivity contribution in [3.8, 4) is 0 Å². The lowest BCUT2D eigenvalue weighted by Crippen LogP contribution is -2.54. The van der Waals surface area contributed by atoms with Gasteiger partial charge in [0.1, 0.15) is 5.54 Å². The van der Waals surface area contributed by atoms with Gasteiger partial charge in [0.15, 0.2) is 0 Å². The normalized spacial score (nSPS) is 19.8. The number of nitrogens with two attached hydrogens (primary N) is 1. The van der Waals surface area contributed by atoms with Crippen LogP contribution in [0.2, 0.25) is 10.0 Å². The lowest BCUT2D eigenvalue weighted by molar-refractivity contribution is -0.124. The molecule has 0 heterocycles. The summed E-state index contributed by atoms with van der Waals surface area (Å²) in [4.78, 5) is 12.1. The second-order valence-corrected chi connectivity index (χ2v) is 6.79. The van der Waals surface area contributed by atoms with Crippen LogP contribution >= 0.6 is 23.2 Å². The first-order valence-corrected chi connectivity index (χ1v) is 8.22. The van der Waals surface area contributed by atoms with Crippen LogP contribution < -0.4 is 11.1 Å². The van der Waals surface area contributed by atoms with Gasteiger partial charge in [-0.1, -0.05) is 48.9 Å². The van der Waals surface area contributed by atoms with E-state index in [1.807, 2.05) is 0 Å². The molecule has 3 N–H and O–H groups in total. The van der Waals surface area contributed by atoms with Gasteiger partial charge in [0.05, 0.1) is 0 Å². The Hall–Kier alpha value is -0.770. The standard InChI is InChI=1S/C16H22Cl2N2O/c1-16(15(19)21,13-10-11(17)8-9-14(13)18)20-12-6-4-2-3-5-7-12/h8-10,12,20H,2-7H2,1H3,(H2,19,21). The predicted octanol–water partition coefficient (Wildman–Crippen LogP) is 4.01. The van der Waals surface area contributed by atoms with Crippen molar-refractivity contribution in [2.24, 2.45) is 5.73 Å². The molecule has 1 aliphatic carbocycles. The maximum Gasteiger partial charge on any atom is 0.242 e. The maximum absolute atomic E-state index is 12.1. The minimum Gasteiger partial charge on any atom is -0.368 e. The summed E-state index contributed by atoms with van der Waals surface area (Å²) in [5.74, 6) is -0.434. The van der Waals surface area contributed by atoms with Crippen molar-refractivity contribution in [1.82, 2.24) is 5.32 Å².